The zero-order valence-corrected chi connectivity index (χ0v) is 10.6. The molecule has 1 heterocycles. The molecule has 1 amide bonds. The van der Waals surface area contributed by atoms with Crippen molar-refractivity contribution in [3.63, 3.8) is 0 Å². The highest BCUT2D eigenvalue weighted by Crippen LogP contribution is 2.44. The van der Waals surface area contributed by atoms with Crippen LogP contribution in [-0.4, -0.2) is 31.5 Å². The van der Waals surface area contributed by atoms with E-state index in [0.29, 0.717) is 12.8 Å². The van der Waals surface area contributed by atoms with Gasteiger partial charge in [0.25, 0.3) is 0 Å². The van der Waals surface area contributed by atoms with Crippen molar-refractivity contribution in [1.29, 1.82) is 0 Å². The number of aliphatic carboxylic acids is 1. The highest BCUT2D eigenvalue weighted by molar-refractivity contribution is 14.1. The Hall–Kier alpha value is -0.330. The van der Waals surface area contributed by atoms with Gasteiger partial charge in [-0.2, -0.15) is 0 Å². The summed E-state index contributed by atoms with van der Waals surface area (Å²) in [5.41, 5.74) is 0. The summed E-state index contributed by atoms with van der Waals surface area (Å²) in [7, 11) is 0. The van der Waals surface area contributed by atoms with Crippen molar-refractivity contribution in [2.24, 2.45) is 0 Å². The molecule has 84 valence electrons. The van der Waals surface area contributed by atoms with Gasteiger partial charge in [-0.1, -0.05) is 35.4 Å². The SMILES string of the molecule is O=C(O)C1CCC(=O)N1C1(I)CCCC1. The van der Waals surface area contributed by atoms with Gasteiger partial charge >= 0.3 is 5.97 Å². The molecule has 2 rings (SSSR count). The molecule has 4 nitrogen and oxygen atoms in total. The first kappa shape index (κ1) is 11.2. The van der Waals surface area contributed by atoms with Crippen LogP contribution in [0, 0.1) is 0 Å². The Labute approximate surface area is 102 Å². The molecule has 2 fully saturated rings. The molecule has 1 aliphatic carbocycles. The monoisotopic (exact) mass is 323 g/mol. The van der Waals surface area contributed by atoms with Gasteiger partial charge in [-0.05, 0) is 19.3 Å². The fraction of sp³-hybridized carbons (Fsp3) is 0.800. The van der Waals surface area contributed by atoms with Crippen molar-refractivity contribution >= 4 is 34.5 Å². The van der Waals surface area contributed by atoms with Crippen LogP contribution in [0.1, 0.15) is 38.5 Å². The van der Waals surface area contributed by atoms with Crippen LogP contribution in [0.5, 0.6) is 0 Å². The van der Waals surface area contributed by atoms with Gasteiger partial charge in [0.1, 0.15) is 6.04 Å². The van der Waals surface area contributed by atoms with Crippen LogP contribution in [0.25, 0.3) is 0 Å². The van der Waals surface area contributed by atoms with Crippen LogP contribution >= 0.6 is 22.6 Å². The number of carboxylic acids is 1. The highest BCUT2D eigenvalue weighted by Gasteiger charge is 2.48. The van der Waals surface area contributed by atoms with E-state index in [9.17, 15) is 9.59 Å². The molecule has 0 aromatic heterocycles. The van der Waals surface area contributed by atoms with Crippen molar-refractivity contribution < 1.29 is 14.7 Å². The largest absolute Gasteiger partial charge is 0.480 e. The number of hydrogen-bond donors (Lipinski definition) is 1. The molecule has 0 spiro atoms. The van der Waals surface area contributed by atoms with Gasteiger partial charge < -0.3 is 10.0 Å². The molecule has 1 saturated heterocycles. The Morgan fingerprint density at radius 2 is 2.07 bits per heavy atom. The first-order valence-electron chi connectivity index (χ1n) is 5.28. The van der Waals surface area contributed by atoms with Crippen LogP contribution in [0.3, 0.4) is 0 Å². The van der Waals surface area contributed by atoms with Gasteiger partial charge in [-0.25, -0.2) is 4.79 Å². The summed E-state index contributed by atoms with van der Waals surface area (Å²) in [4.78, 5) is 24.4. The summed E-state index contributed by atoms with van der Waals surface area (Å²) >= 11 is 2.27. The van der Waals surface area contributed by atoms with Gasteiger partial charge in [0, 0.05) is 6.42 Å². The van der Waals surface area contributed by atoms with Crippen molar-refractivity contribution in [3.05, 3.63) is 0 Å². The summed E-state index contributed by atoms with van der Waals surface area (Å²) in [5.74, 6) is -0.845. The number of carbonyl (C=O) groups is 2. The molecule has 0 radical (unpaired) electrons. The van der Waals surface area contributed by atoms with E-state index >= 15 is 0 Å². The molecule has 5 heteroatoms. The van der Waals surface area contributed by atoms with Gasteiger partial charge in [0.2, 0.25) is 5.91 Å². The summed E-state index contributed by atoms with van der Waals surface area (Å²) in [5, 5.41) is 9.08. The Morgan fingerprint density at radius 1 is 1.47 bits per heavy atom. The number of hydrogen-bond acceptors (Lipinski definition) is 2. The maximum Gasteiger partial charge on any atom is 0.326 e. The van der Waals surface area contributed by atoms with E-state index in [1.807, 2.05) is 0 Å². The van der Waals surface area contributed by atoms with Crippen LogP contribution in [-0.2, 0) is 9.59 Å². The topological polar surface area (TPSA) is 57.6 Å². The predicted molar refractivity (Wildman–Crippen MR) is 62.7 cm³/mol. The van der Waals surface area contributed by atoms with E-state index in [4.69, 9.17) is 5.11 Å². The minimum absolute atomic E-state index is 0.0127. The second kappa shape index (κ2) is 3.92. The summed E-state index contributed by atoms with van der Waals surface area (Å²) in [6.45, 7) is 0. The van der Waals surface area contributed by atoms with Crippen molar-refractivity contribution in [1.82, 2.24) is 4.90 Å². The maximum absolute atomic E-state index is 11.7. The Bertz CT molecular complexity index is 299. The lowest BCUT2D eigenvalue weighted by Crippen LogP contribution is -2.50. The molecule has 1 unspecified atom stereocenters. The van der Waals surface area contributed by atoms with E-state index in [-0.39, 0.29) is 9.45 Å². The standard InChI is InChI=1S/C10H14INO3/c11-10(5-1-2-6-10)12-7(9(14)15)3-4-8(12)13/h7H,1-6H2,(H,14,15). The zero-order valence-electron chi connectivity index (χ0n) is 8.41. The predicted octanol–water partition coefficient (Wildman–Crippen LogP) is 1.77. The summed E-state index contributed by atoms with van der Waals surface area (Å²) < 4.78 is -0.228. The maximum atomic E-state index is 11.7. The first-order chi connectivity index (χ1) is 7.04. The molecule has 1 atom stereocenters. The molecular weight excluding hydrogens is 309 g/mol. The fourth-order valence-electron chi connectivity index (χ4n) is 2.58. The third kappa shape index (κ3) is 1.86. The quantitative estimate of drug-likeness (QED) is 0.479. The smallest absolute Gasteiger partial charge is 0.326 e. The van der Waals surface area contributed by atoms with E-state index in [0.717, 1.165) is 25.7 Å². The van der Waals surface area contributed by atoms with Crippen LogP contribution < -0.4 is 0 Å². The Balaban J connectivity index is 2.24. The Kier molecular flexibility index (Phi) is 2.92. The minimum Gasteiger partial charge on any atom is -0.480 e. The lowest BCUT2D eigenvalue weighted by Gasteiger charge is -2.36. The molecule has 1 aliphatic heterocycles. The van der Waals surface area contributed by atoms with Crippen molar-refractivity contribution in [2.45, 2.75) is 48.1 Å². The second-order valence-electron chi connectivity index (χ2n) is 4.28. The third-order valence-electron chi connectivity index (χ3n) is 3.30. The van der Waals surface area contributed by atoms with Gasteiger partial charge in [-0.3, -0.25) is 4.79 Å². The second-order valence-corrected chi connectivity index (χ2v) is 6.29. The Morgan fingerprint density at radius 3 is 2.60 bits per heavy atom. The minimum atomic E-state index is -0.858. The number of amides is 1. The molecule has 0 aromatic rings. The summed E-state index contributed by atoms with van der Waals surface area (Å²) in [6, 6.07) is -0.590. The molecule has 0 bridgehead atoms. The number of halogens is 1. The highest BCUT2D eigenvalue weighted by atomic mass is 127. The number of carboxylic acid groups (broad SMARTS) is 1. The molecule has 15 heavy (non-hydrogen) atoms. The summed E-state index contributed by atoms with van der Waals surface area (Å²) in [6.07, 6.45) is 4.92. The fourth-order valence-corrected chi connectivity index (χ4v) is 3.95. The lowest BCUT2D eigenvalue weighted by atomic mass is 10.1. The van der Waals surface area contributed by atoms with E-state index < -0.39 is 12.0 Å². The lowest BCUT2D eigenvalue weighted by molar-refractivity contribution is -0.148. The van der Waals surface area contributed by atoms with Gasteiger partial charge in [0.15, 0.2) is 0 Å². The normalized spacial score (nSPS) is 29.8. The average molecular weight is 323 g/mol. The molecule has 1 saturated carbocycles. The van der Waals surface area contributed by atoms with Gasteiger partial charge in [-0.15, -0.1) is 0 Å². The van der Waals surface area contributed by atoms with Crippen LogP contribution in [0.4, 0.5) is 0 Å². The molecule has 2 aliphatic rings. The van der Waals surface area contributed by atoms with Crippen molar-refractivity contribution in [2.75, 3.05) is 0 Å². The van der Waals surface area contributed by atoms with Crippen molar-refractivity contribution in [3.8, 4) is 0 Å². The first-order valence-corrected chi connectivity index (χ1v) is 6.36. The van der Waals surface area contributed by atoms with Crippen LogP contribution in [0.2, 0.25) is 0 Å². The van der Waals surface area contributed by atoms with E-state index in [1.165, 1.54) is 0 Å². The average Bonchev–Trinajstić information content (AvgIpc) is 2.72. The number of alkyl halides is 1. The zero-order chi connectivity index (χ0) is 11.1. The van der Waals surface area contributed by atoms with Gasteiger partial charge in [0.05, 0.1) is 3.55 Å². The van der Waals surface area contributed by atoms with E-state index in [1.54, 1.807) is 4.90 Å². The molecule has 0 aromatic carbocycles. The third-order valence-corrected chi connectivity index (χ3v) is 4.90. The molecular formula is C10H14INO3. The molecule has 1 N–H and O–H groups in total. The van der Waals surface area contributed by atoms with E-state index in [2.05, 4.69) is 22.6 Å². The number of rotatable bonds is 2. The number of likely N-dealkylation sites (tertiary alicyclic amines) is 1. The van der Waals surface area contributed by atoms with Crippen LogP contribution in [0.15, 0.2) is 0 Å². The number of nitrogens with zero attached hydrogens (tertiary/aromatic N) is 1. The number of carbonyl (C=O) groups excluding carboxylic acids is 1.